The molecular weight excluding hydrogens is 233 g/mol. The molecule has 82 valence electrons. The van der Waals surface area contributed by atoms with Gasteiger partial charge in [-0.25, -0.2) is 0 Å². The summed E-state index contributed by atoms with van der Waals surface area (Å²) < 4.78 is 0. The third kappa shape index (κ3) is 2.85. The molecule has 0 amide bonds. The van der Waals surface area contributed by atoms with Gasteiger partial charge in [0.25, 0.3) is 0 Å². The van der Waals surface area contributed by atoms with Crippen molar-refractivity contribution in [1.82, 2.24) is 4.90 Å². The van der Waals surface area contributed by atoms with Crippen LogP contribution in [-0.4, -0.2) is 29.2 Å². The second kappa shape index (κ2) is 4.71. The number of hydrogen-bond donors (Lipinski definition) is 1. The highest BCUT2D eigenvalue weighted by Gasteiger charge is 2.20. The summed E-state index contributed by atoms with van der Waals surface area (Å²) in [4.78, 5) is 2.18. The summed E-state index contributed by atoms with van der Waals surface area (Å²) in [5, 5.41) is 10.8. The summed E-state index contributed by atoms with van der Waals surface area (Å²) in [7, 11) is 0. The molecule has 0 saturated carbocycles. The van der Waals surface area contributed by atoms with Gasteiger partial charge in [0, 0.05) is 29.7 Å². The maximum absolute atomic E-state index is 9.40. The van der Waals surface area contributed by atoms with E-state index in [-0.39, 0.29) is 6.10 Å². The highest BCUT2D eigenvalue weighted by molar-refractivity contribution is 6.33. The van der Waals surface area contributed by atoms with Crippen molar-refractivity contribution >= 4 is 23.2 Å². The van der Waals surface area contributed by atoms with E-state index in [1.165, 1.54) is 0 Å². The van der Waals surface area contributed by atoms with Crippen LogP contribution in [0.2, 0.25) is 10.0 Å². The van der Waals surface area contributed by atoms with Crippen molar-refractivity contribution in [2.45, 2.75) is 19.1 Å². The van der Waals surface area contributed by atoms with Gasteiger partial charge in [0.2, 0.25) is 0 Å². The monoisotopic (exact) mass is 245 g/mol. The van der Waals surface area contributed by atoms with Crippen molar-refractivity contribution in [3.05, 3.63) is 33.8 Å². The molecule has 0 spiro atoms. The van der Waals surface area contributed by atoms with Gasteiger partial charge < -0.3 is 5.11 Å². The SMILES string of the molecule is OC1CCN(Cc2cc(Cl)ccc2Cl)C1. The average molecular weight is 246 g/mol. The Balaban J connectivity index is 2.07. The van der Waals surface area contributed by atoms with Gasteiger partial charge in [-0.2, -0.15) is 0 Å². The molecule has 2 rings (SSSR count). The number of benzene rings is 1. The lowest BCUT2D eigenvalue weighted by Gasteiger charge is -2.15. The Hall–Kier alpha value is -0.280. The van der Waals surface area contributed by atoms with Crippen LogP contribution in [0.25, 0.3) is 0 Å². The first-order chi connectivity index (χ1) is 7.15. The number of β-amino-alcohol motifs (C(OH)–C–C–N with tert-alkyl or cyclic N) is 1. The van der Waals surface area contributed by atoms with Crippen LogP contribution in [0, 0.1) is 0 Å². The van der Waals surface area contributed by atoms with Crippen LogP contribution in [0.1, 0.15) is 12.0 Å². The Bertz CT molecular complexity index is 356. The molecule has 0 aliphatic carbocycles. The standard InChI is InChI=1S/C11H13Cl2NO/c12-9-1-2-11(13)8(5-9)6-14-4-3-10(15)7-14/h1-2,5,10,15H,3-4,6-7H2. The van der Waals surface area contributed by atoms with Crippen LogP contribution in [0.5, 0.6) is 0 Å². The molecule has 0 aromatic heterocycles. The molecule has 1 saturated heterocycles. The van der Waals surface area contributed by atoms with Crippen LogP contribution in [0.15, 0.2) is 18.2 Å². The maximum Gasteiger partial charge on any atom is 0.0679 e. The molecule has 0 radical (unpaired) electrons. The van der Waals surface area contributed by atoms with E-state index < -0.39 is 0 Å². The number of hydrogen-bond acceptors (Lipinski definition) is 2. The fraction of sp³-hybridized carbons (Fsp3) is 0.455. The van der Waals surface area contributed by atoms with E-state index in [2.05, 4.69) is 4.90 Å². The van der Waals surface area contributed by atoms with Gasteiger partial charge in [0.15, 0.2) is 0 Å². The summed E-state index contributed by atoms with van der Waals surface area (Å²) in [6, 6.07) is 5.48. The Morgan fingerprint density at radius 3 is 2.87 bits per heavy atom. The second-order valence-electron chi connectivity index (χ2n) is 3.91. The number of aliphatic hydroxyl groups excluding tert-OH is 1. The van der Waals surface area contributed by atoms with Crippen LogP contribution in [0.3, 0.4) is 0 Å². The number of halogens is 2. The first-order valence-electron chi connectivity index (χ1n) is 4.99. The van der Waals surface area contributed by atoms with Gasteiger partial charge in [-0.15, -0.1) is 0 Å². The van der Waals surface area contributed by atoms with Crippen molar-refractivity contribution in [2.75, 3.05) is 13.1 Å². The molecule has 1 aromatic rings. The lowest BCUT2D eigenvalue weighted by atomic mass is 10.2. The molecule has 4 heteroatoms. The normalized spacial score (nSPS) is 22.2. The fourth-order valence-corrected chi connectivity index (χ4v) is 2.23. The Morgan fingerprint density at radius 1 is 1.40 bits per heavy atom. The highest BCUT2D eigenvalue weighted by Crippen LogP contribution is 2.23. The first-order valence-corrected chi connectivity index (χ1v) is 5.75. The van der Waals surface area contributed by atoms with Gasteiger partial charge in [0.05, 0.1) is 6.10 Å². The van der Waals surface area contributed by atoms with E-state index in [0.29, 0.717) is 5.02 Å². The quantitative estimate of drug-likeness (QED) is 0.866. The lowest BCUT2D eigenvalue weighted by Crippen LogP contribution is -2.21. The Labute approximate surface area is 99.4 Å². The van der Waals surface area contributed by atoms with Crippen LogP contribution in [0.4, 0.5) is 0 Å². The van der Waals surface area contributed by atoms with E-state index in [9.17, 15) is 5.11 Å². The van der Waals surface area contributed by atoms with E-state index in [1.807, 2.05) is 12.1 Å². The van der Waals surface area contributed by atoms with Gasteiger partial charge in [0.1, 0.15) is 0 Å². The first kappa shape index (κ1) is 11.2. The summed E-state index contributed by atoms with van der Waals surface area (Å²) >= 11 is 12.0. The number of aliphatic hydroxyl groups is 1. The van der Waals surface area contributed by atoms with Crippen molar-refractivity contribution in [3.8, 4) is 0 Å². The van der Waals surface area contributed by atoms with Crippen molar-refractivity contribution in [1.29, 1.82) is 0 Å². The second-order valence-corrected chi connectivity index (χ2v) is 4.76. The van der Waals surface area contributed by atoms with Crippen molar-refractivity contribution in [2.24, 2.45) is 0 Å². The summed E-state index contributed by atoms with van der Waals surface area (Å²) in [5.74, 6) is 0. The average Bonchev–Trinajstić information content (AvgIpc) is 2.58. The summed E-state index contributed by atoms with van der Waals surface area (Å²) in [5.41, 5.74) is 1.03. The summed E-state index contributed by atoms with van der Waals surface area (Å²) in [6.45, 7) is 2.41. The minimum Gasteiger partial charge on any atom is -0.392 e. The smallest absolute Gasteiger partial charge is 0.0679 e. The highest BCUT2D eigenvalue weighted by atomic mass is 35.5. The predicted molar refractivity (Wildman–Crippen MR) is 62.4 cm³/mol. The Kier molecular flexibility index (Phi) is 3.52. The molecule has 1 unspecified atom stereocenters. The van der Waals surface area contributed by atoms with Gasteiger partial charge in [-0.3, -0.25) is 4.90 Å². The molecule has 0 bridgehead atoms. The third-order valence-corrected chi connectivity index (χ3v) is 3.25. The molecule has 1 aliphatic heterocycles. The van der Waals surface area contributed by atoms with Crippen molar-refractivity contribution in [3.63, 3.8) is 0 Å². The van der Waals surface area contributed by atoms with Crippen LogP contribution >= 0.6 is 23.2 Å². The predicted octanol–water partition coefficient (Wildman–Crippen LogP) is 2.56. The Morgan fingerprint density at radius 2 is 2.20 bits per heavy atom. The zero-order chi connectivity index (χ0) is 10.8. The van der Waals surface area contributed by atoms with Crippen LogP contribution < -0.4 is 0 Å². The molecule has 2 nitrogen and oxygen atoms in total. The lowest BCUT2D eigenvalue weighted by molar-refractivity contribution is 0.175. The topological polar surface area (TPSA) is 23.5 Å². The van der Waals surface area contributed by atoms with E-state index in [4.69, 9.17) is 23.2 Å². The zero-order valence-electron chi connectivity index (χ0n) is 8.29. The van der Waals surface area contributed by atoms with Crippen molar-refractivity contribution < 1.29 is 5.11 Å². The van der Waals surface area contributed by atoms with Gasteiger partial charge in [-0.1, -0.05) is 23.2 Å². The summed E-state index contributed by atoms with van der Waals surface area (Å²) in [6.07, 6.45) is 0.654. The molecule has 1 atom stereocenters. The maximum atomic E-state index is 9.40. The van der Waals surface area contributed by atoms with Crippen LogP contribution in [-0.2, 0) is 6.54 Å². The third-order valence-electron chi connectivity index (χ3n) is 2.65. The molecule has 1 aliphatic rings. The van der Waals surface area contributed by atoms with E-state index in [1.54, 1.807) is 6.07 Å². The van der Waals surface area contributed by atoms with Gasteiger partial charge >= 0.3 is 0 Å². The number of rotatable bonds is 2. The minimum absolute atomic E-state index is 0.192. The molecule has 1 fully saturated rings. The molecule has 15 heavy (non-hydrogen) atoms. The largest absolute Gasteiger partial charge is 0.392 e. The molecular formula is C11H13Cl2NO. The molecule has 1 heterocycles. The zero-order valence-corrected chi connectivity index (χ0v) is 9.80. The minimum atomic E-state index is -0.192. The number of nitrogens with zero attached hydrogens (tertiary/aromatic N) is 1. The van der Waals surface area contributed by atoms with E-state index in [0.717, 1.165) is 36.6 Å². The molecule has 1 aromatic carbocycles. The van der Waals surface area contributed by atoms with E-state index >= 15 is 0 Å². The fourth-order valence-electron chi connectivity index (χ4n) is 1.86. The molecule has 1 N–H and O–H groups in total. The van der Waals surface area contributed by atoms with Gasteiger partial charge in [-0.05, 0) is 30.2 Å². The number of likely N-dealkylation sites (tertiary alicyclic amines) is 1.